The third-order valence-electron chi connectivity index (χ3n) is 4.26. The van der Waals surface area contributed by atoms with Gasteiger partial charge in [0.05, 0.1) is 11.3 Å². The number of nitrogens with one attached hydrogen (secondary N) is 1. The van der Waals surface area contributed by atoms with Crippen LogP contribution in [0.4, 0.5) is 5.82 Å². The number of hydrogen-bond donors (Lipinski definition) is 2. The van der Waals surface area contributed by atoms with Gasteiger partial charge in [0.25, 0.3) is 0 Å². The summed E-state index contributed by atoms with van der Waals surface area (Å²) in [7, 11) is 0. The van der Waals surface area contributed by atoms with Crippen LogP contribution < -0.4 is 5.43 Å². The maximum Gasteiger partial charge on any atom is 0.165 e. The molecule has 4 rings (SSSR count). The number of fused-ring (bicyclic) bond motifs is 1. The van der Waals surface area contributed by atoms with E-state index in [1.54, 1.807) is 18.2 Å². The smallest absolute Gasteiger partial charge is 0.165 e. The highest BCUT2D eigenvalue weighted by Crippen LogP contribution is 2.27. The van der Waals surface area contributed by atoms with Crippen LogP contribution in [0.5, 0.6) is 5.75 Å². The molecule has 0 spiro atoms. The van der Waals surface area contributed by atoms with E-state index in [0.717, 1.165) is 24.2 Å². The van der Waals surface area contributed by atoms with E-state index < -0.39 is 0 Å². The minimum absolute atomic E-state index is 0.162. The fourth-order valence-electron chi connectivity index (χ4n) is 3.06. The molecular formula is C20H18N4O. The Morgan fingerprint density at radius 3 is 2.56 bits per heavy atom. The van der Waals surface area contributed by atoms with E-state index in [2.05, 4.69) is 38.7 Å². The molecule has 5 nitrogen and oxygen atoms in total. The maximum atomic E-state index is 10.0. The number of phenolic OH excluding ortho intramolecular Hbond substituents is 1. The van der Waals surface area contributed by atoms with E-state index >= 15 is 0 Å². The molecule has 1 aliphatic carbocycles. The van der Waals surface area contributed by atoms with Gasteiger partial charge in [-0.05, 0) is 37.5 Å². The summed E-state index contributed by atoms with van der Waals surface area (Å²) in [6.45, 7) is 1.90. The van der Waals surface area contributed by atoms with Crippen molar-refractivity contribution in [2.45, 2.75) is 19.8 Å². The average Bonchev–Trinajstić information content (AvgIpc) is 3.03. The van der Waals surface area contributed by atoms with E-state index in [4.69, 9.17) is 0 Å². The molecule has 0 amide bonds. The largest absolute Gasteiger partial charge is 0.507 e. The minimum Gasteiger partial charge on any atom is -0.507 e. The zero-order valence-corrected chi connectivity index (χ0v) is 13.9. The van der Waals surface area contributed by atoms with Gasteiger partial charge in [0.2, 0.25) is 0 Å². The van der Waals surface area contributed by atoms with Crippen LogP contribution in [-0.4, -0.2) is 20.8 Å². The van der Waals surface area contributed by atoms with Crippen molar-refractivity contribution >= 4 is 11.5 Å². The summed E-state index contributed by atoms with van der Waals surface area (Å²) < 4.78 is 0. The molecule has 1 aliphatic rings. The molecule has 2 N–H and O–H groups in total. The van der Waals surface area contributed by atoms with Crippen molar-refractivity contribution in [1.82, 2.24) is 9.97 Å². The lowest BCUT2D eigenvalue weighted by molar-refractivity contribution is 0.477. The van der Waals surface area contributed by atoms with Gasteiger partial charge >= 0.3 is 0 Å². The number of rotatable bonds is 3. The van der Waals surface area contributed by atoms with Gasteiger partial charge in [0, 0.05) is 17.3 Å². The summed E-state index contributed by atoms with van der Waals surface area (Å²) in [5.74, 6) is 1.25. The van der Waals surface area contributed by atoms with Crippen LogP contribution in [-0.2, 0) is 6.42 Å². The molecule has 1 heterocycles. The molecule has 0 bridgehead atoms. The molecule has 0 atom stereocenters. The number of hydrazone groups is 1. The molecule has 0 saturated carbocycles. The van der Waals surface area contributed by atoms with Gasteiger partial charge in [-0.15, -0.1) is 0 Å². The monoisotopic (exact) mass is 330 g/mol. The highest BCUT2D eigenvalue weighted by molar-refractivity contribution is 6.04. The lowest BCUT2D eigenvalue weighted by Crippen LogP contribution is -2.03. The van der Waals surface area contributed by atoms with Crippen LogP contribution in [0.3, 0.4) is 0 Å². The number of hydrogen-bond acceptors (Lipinski definition) is 5. The van der Waals surface area contributed by atoms with Crippen molar-refractivity contribution < 1.29 is 5.11 Å². The van der Waals surface area contributed by atoms with Gasteiger partial charge in [-0.25, -0.2) is 9.97 Å². The van der Waals surface area contributed by atoms with Crippen LogP contribution in [0.15, 0.2) is 59.7 Å². The summed E-state index contributed by atoms with van der Waals surface area (Å²) in [6, 6.07) is 17.2. The highest BCUT2D eigenvalue weighted by atomic mass is 16.3. The van der Waals surface area contributed by atoms with Crippen molar-refractivity contribution in [3.8, 4) is 17.1 Å². The first-order valence-corrected chi connectivity index (χ1v) is 8.25. The average molecular weight is 330 g/mol. The van der Waals surface area contributed by atoms with E-state index in [9.17, 15) is 5.11 Å². The Labute approximate surface area is 146 Å². The van der Waals surface area contributed by atoms with Crippen LogP contribution in [0.2, 0.25) is 0 Å². The Morgan fingerprint density at radius 1 is 0.960 bits per heavy atom. The minimum atomic E-state index is 0.162. The predicted molar refractivity (Wildman–Crippen MR) is 98.8 cm³/mol. The molecule has 5 heteroatoms. The van der Waals surface area contributed by atoms with Crippen LogP contribution >= 0.6 is 0 Å². The molecule has 124 valence electrons. The Hall–Kier alpha value is -3.21. The van der Waals surface area contributed by atoms with Gasteiger partial charge in [0.1, 0.15) is 5.75 Å². The second kappa shape index (κ2) is 6.36. The molecule has 25 heavy (non-hydrogen) atoms. The number of nitrogens with zero attached hydrogens (tertiary/aromatic N) is 3. The van der Waals surface area contributed by atoms with Gasteiger partial charge in [-0.3, -0.25) is 5.43 Å². The Bertz CT molecular complexity index is 965. The molecule has 0 radical (unpaired) electrons. The molecule has 0 saturated heterocycles. The topological polar surface area (TPSA) is 70.4 Å². The van der Waals surface area contributed by atoms with Crippen molar-refractivity contribution in [3.05, 3.63) is 71.4 Å². The molecule has 0 unspecified atom stereocenters. The normalized spacial score (nSPS) is 14.5. The van der Waals surface area contributed by atoms with Crippen molar-refractivity contribution in [2.24, 2.45) is 5.10 Å². The second-order valence-corrected chi connectivity index (χ2v) is 6.06. The van der Waals surface area contributed by atoms with Gasteiger partial charge in [0.15, 0.2) is 11.6 Å². The van der Waals surface area contributed by atoms with Gasteiger partial charge < -0.3 is 5.11 Å². The summed E-state index contributed by atoms with van der Waals surface area (Å²) in [4.78, 5) is 8.91. The third-order valence-corrected chi connectivity index (χ3v) is 4.26. The third kappa shape index (κ3) is 3.08. The Balaban J connectivity index is 1.64. The molecule has 1 aromatic heterocycles. The Kier molecular flexibility index (Phi) is 3.90. The highest BCUT2D eigenvalue weighted by Gasteiger charge is 2.17. The first-order chi connectivity index (χ1) is 12.2. The van der Waals surface area contributed by atoms with Crippen LogP contribution in [0.1, 0.15) is 23.2 Å². The van der Waals surface area contributed by atoms with Crippen molar-refractivity contribution in [2.75, 3.05) is 5.43 Å². The number of anilines is 1. The second-order valence-electron chi connectivity index (χ2n) is 6.06. The fourth-order valence-corrected chi connectivity index (χ4v) is 3.06. The number of aryl methyl sites for hydroxylation is 2. The Morgan fingerprint density at radius 2 is 1.72 bits per heavy atom. The summed E-state index contributed by atoms with van der Waals surface area (Å²) in [5.41, 5.74) is 8.03. The SMILES string of the molecule is Cc1cc(N/N=C2\CCc3ccccc32)nc(-c2ccccc2O)n1. The van der Waals surface area contributed by atoms with Crippen LogP contribution in [0, 0.1) is 6.92 Å². The molecule has 0 fully saturated rings. The molecule has 0 aliphatic heterocycles. The van der Waals surface area contributed by atoms with E-state index in [-0.39, 0.29) is 5.75 Å². The first-order valence-electron chi connectivity index (χ1n) is 8.25. The first kappa shape index (κ1) is 15.3. The number of para-hydroxylation sites is 1. The standard InChI is InChI=1S/C20H18N4O/c1-13-12-19(22-20(21-13)16-8-4-5-9-18(16)25)24-23-17-11-10-14-6-2-3-7-15(14)17/h2-9,12,25H,10-11H2,1H3,(H,21,22,24)/b23-17+. The van der Waals surface area contributed by atoms with Gasteiger partial charge in [-0.2, -0.15) is 5.10 Å². The summed E-state index contributed by atoms with van der Waals surface area (Å²) in [5, 5.41) is 14.6. The van der Waals surface area contributed by atoms with Crippen molar-refractivity contribution in [3.63, 3.8) is 0 Å². The molecule has 3 aromatic rings. The zero-order valence-electron chi connectivity index (χ0n) is 13.9. The van der Waals surface area contributed by atoms with Crippen molar-refractivity contribution in [1.29, 1.82) is 0 Å². The lowest BCUT2D eigenvalue weighted by Gasteiger charge is -2.08. The molecule has 2 aromatic carbocycles. The quantitative estimate of drug-likeness (QED) is 0.714. The summed E-state index contributed by atoms with van der Waals surface area (Å²) >= 11 is 0. The fraction of sp³-hybridized carbons (Fsp3) is 0.150. The number of benzene rings is 2. The number of aromatic nitrogens is 2. The lowest BCUT2D eigenvalue weighted by atomic mass is 10.1. The van der Waals surface area contributed by atoms with Gasteiger partial charge in [-0.1, -0.05) is 36.4 Å². The zero-order chi connectivity index (χ0) is 17.2. The number of phenols is 1. The maximum absolute atomic E-state index is 10.0. The summed E-state index contributed by atoms with van der Waals surface area (Å²) in [6.07, 6.45) is 1.94. The number of aromatic hydroxyl groups is 1. The van der Waals surface area contributed by atoms with E-state index in [1.807, 2.05) is 25.1 Å². The predicted octanol–water partition coefficient (Wildman–Crippen LogP) is 3.92. The van der Waals surface area contributed by atoms with E-state index in [0.29, 0.717) is 17.2 Å². The van der Waals surface area contributed by atoms with E-state index in [1.165, 1.54) is 11.1 Å². The van der Waals surface area contributed by atoms with Crippen LogP contribution in [0.25, 0.3) is 11.4 Å². The molecular weight excluding hydrogens is 312 g/mol.